The molecule has 0 saturated heterocycles. The third-order valence-corrected chi connectivity index (χ3v) is 9.66. The number of hydrogen-bond donors (Lipinski definition) is 1. The molecule has 1 aliphatic heterocycles. The van der Waals surface area contributed by atoms with Gasteiger partial charge in [-0.3, -0.25) is 9.59 Å². The van der Waals surface area contributed by atoms with Crippen molar-refractivity contribution in [1.29, 1.82) is 0 Å². The molecule has 5 aromatic rings. The highest BCUT2D eigenvalue weighted by atomic mass is 32.2. The lowest BCUT2D eigenvalue weighted by Crippen LogP contribution is -2.28. The highest BCUT2D eigenvalue weighted by Crippen LogP contribution is 2.35. The van der Waals surface area contributed by atoms with E-state index >= 15 is 0 Å². The first-order valence-corrected chi connectivity index (χ1v) is 16.3. The molecule has 43 heavy (non-hydrogen) atoms. The normalized spacial score (nSPS) is 14.5. The van der Waals surface area contributed by atoms with E-state index in [1.807, 2.05) is 88.1 Å². The molecule has 218 valence electrons. The van der Waals surface area contributed by atoms with E-state index in [9.17, 15) is 9.59 Å². The van der Waals surface area contributed by atoms with E-state index in [-0.39, 0.29) is 30.2 Å². The Balaban J connectivity index is 1.21. The van der Waals surface area contributed by atoms with E-state index in [2.05, 4.69) is 15.5 Å². The standard InChI is InChI=1S/C31H28N6O3S3/c1-40-23-13-11-22(12-14-23)25-17-24(26-9-5-15-41-26)35-37(25)29(38)20-43-31-34-33-28(18-32-30(39)27-10-6-16-42-27)36(31)19-21-7-3-2-4-8-21/h2-16,25H,17-20H2,1H3,(H,32,39)/t25-/m1/s1. The van der Waals surface area contributed by atoms with Crippen molar-refractivity contribution in [2.24, 2.45) is 5.10 Å². The number of thiophene rings is 2. The van der Waals surface area contributed by atoms with Crippen molar-refractivity contribution in [2.45, 2.75) is 30.7 Å². The number of thioether (sulfide) groups is 1. The van der Waals surface area contributed by atoms with Crippen LogP contribution in [-0.2, 0) is 17.9 Å². The maximum atomic E-state index is 13.7. The summed E-state index contributed by atoms with van der Waals surface area (Å²) >= 11 is 4.31. The average molecular weight is 629 g/mol. The molecule has 2 amide bonds. The van der Waals surface area contributed by atoms with Gasteiger partial charge < -0.3 is 14.6 Å². The van der Waals surface area contributed by atoms with Gasteiger partial charge in [-0.25, -0.2) is 5.01 Å². The molecule has 2 aromatic carbocycles. The van der Waals surface area contributed by atoms with Crippen molar-refractivity contribution in [1.82, 2.24) is 25.1 Å². The Morgan fingerprint density at radius 1 is 0.977 bits per heavy atom. The molecule has 0 radical (unpaired) electrons. The van der Waals surface area contributed by atoms with Crippen LogP contribution in [0, 0.1) is 0 Å². The molecule has 9 nitrogen and oxygen atoms in total. The number of rotatable bonds is 11. The van der Waals surface area contributed by atoms with Gasteiger partial charge in [0.1, 0.15) is 5.75 Å². The molecule has 0 spiro atoms. The molecule has 12 heteroatoms. The highest BCUT2D eigenvalue weighted by molar-refractivity contribution is 7.99. The average Bonchev–Trinajstić information content (AvgIpc) is 3.87. The second-order valence-corrected chi connectivity index (χ2v) is 12.5. The summed E-state index contributed by atoms with van der Waals surface area (Å²) in [5.41, 5.74) is 2.95. The van der Waals surface area contributed by atoms with Crippen LogP contribution in [-0.4, -0.2) is 50.2 Å². The molecule has 0 saturated carbocycles. The lowest BCUT2D eigenvalue weighted by Gasteiger charge is -2.22. The third-order valence-electron chi connectivity index (χ3n) is 6.93. The maximum absolute atomic E-state index is 13.7. The lowest BCUT2D eigenvalue weighted by atomic mass is 10.0. The molecule has 0 unspecified atom stereocenters. The number of hydrazone groups is 1. The number of carbonyl (C=O) groups is 2. The summed E-state index contributed by atoms with van der Waals surface area (Å²) in [6.07, 6.45) is 0.627. The molecule has 1 atom stereocenters. The Morgan fingerprint density at radius 3 is 2.49 bits per heavy atom. The van der Waals surface area contributed by atoms with Gasteiger partial charge in [-0.05, 0) is 46.2 Å². The van der Waals surface area contributed by atoms with Gasteiger partial charge in [-0.15, -0.1) is 32.9 Å². The van der Waals surface area contributed by atoms with E-state index in [1.54, 1.807) is 29.5 Å². The number of benzene rings is 2. The minimum Gasteiger partial charge on any atom is -0.497 e. The summed E-state index contributed by atoms with van der Waals surface area (Å²) in [5.74, 6) is 1.21. The summed E-state index contributed by atoms with van der Waals surface area (Å²) in [5, 5.41) is 22.6. The molecular formula is C31H28N6O3S3. The Morgan fingerprint density at radius 2 is 1.77 bits per heavy atom. The predicted octanol–water partition coefficient (Wildman–Crippen LogP) is 5.86. The van der Waals surface area contributed by atoms with Crippen LogP contribution in [0.3, 0.4) is 0 Å². The Hall–Kier alpha value is -4.26. The van der Waals surface area contributed by atoms with Crippen LogP contribution >= 0.6 is 34.4 Å². The SMILES string of the molecule is COc1ccc([C@H]2CC(c3cccs3)=NN2C(=O)CSc2nnc(CNC(=O)c3cccs3)n2Cc2ccccc2)cc1. The molecule has 3 aromatic heterocycles. The summed E-state index contributed by atoms with van der Waals surface area (Å²) in [4.78, 5) is 28.0. The van der Waals surface area contributed by atoms with Gasteiger partial charge in [0.2, 0.25) is 0 Å². The number of nitrogens with one attached hydrogen (secondary N) is 1. The molecule has 0 fully saturated rings. The van der Waals surface area contributed by atoms with E-state index < -0.39 is 0 Å². The lowest BCUT2D eigenvalue weighted by molar-refractivity contribution is -0.130. The fourth-order valence-corrected chi connectivity index (χ4v) is 6.92. The second-order valence-electron chi connectivity index (χ2n) is 9.67. The Labute approximate surface area is 261 Å². The van der Waals surface area contributed by atoms with Crippen molar-refractivity contribution in [3.63, 3.8) is 0 Å². The van der Waals surface area contributed by atoms with Gasteiger partial charge in [-0.2, -0.15) is 5.10 Å². The van der Waals surface area contributed by atoms with E-state index in [4.69, 9.17) is 9.84 Å². The smallest absolute Gasteiger partial charge is 0.261 e. The molecular weight excluding hydrogens is 601 g/mol. The second kappa shape index (κ2) is 13.4. The molecule has 0 aliphatic carbocycles. The first kappa shape index (κ1) is 28.8. The number of carbonyl (C=O) groups excluding carboxylic acids is 2. The van der Waals surface area contributed by atoms with Crippen LogP contribution < -0.4 is 10.1 Å². The van der Waals surface area contributed by atoms with Gasteiger partial charge in [-0.1, -0.05) is 66.4 Å². The number of aromatic nitrogens is 3. The van der Waals surface area contributed by atoms with Crippen LogP contribution in [0.25, 0.3) is 0 Å². The largest absolute Gasteiger partial charge is 0.497 e. The van der Waals surface area contributed by atoms with Crippen molar-refractivity contribution in [3.05, 3.63) is 116 Å². The van der Waals surface area contributed by atoms with E-state index in [0.717, 1.165) is 27.5 Å². The van der Waals surface area contributed by atoms with Gasteiger partial charge in [0.15, 0.2) is 11.0 Å². The van der Waals surface area contributed by atoms with Gasteiger partial charge in [0.05, 0.1) is 47.5 Å². The zero-order valence-corrected chi connectivity index (χ0v) is 25.7. The predicted molar refractivity (Wildman–Crippen MR) is 170 cm³/mol. The first-order valence-electron chi connectivity index (χ1n) is 13.6. The number of amides is 2. The Kier molecular flexibility index (Phi) is 8.96. The monoisotopic (exact) mass is 628 g/mol. The molecule has 4 heterocycles. The van der Waals surface area contributed by atoms with Crippen LogP contribution in [0.2, 0.25) is 0 Å². The molecule has 0 bridgehead atoms. The van der Waals surface area contributed by atoms with E-state index in [1.165, 1.54) is 23.1 Å². The van der Waals surface area contributed by atoms with Crippen molar-refractivity contribution in [2.75, 3.05) is 12.9 Å². The Bertz CT molecular complexity index is 1700. The van der Waals surface area contributed by atoms with Crippen molar-refractivity contribution in [3.8, 4) is 5.75 Å². The quantitative estimate of drug-likeness (QED) is 0.184. The van der Waals surface area contributed by atoms with Gasteiger partial charge >= 0.3 is 0 Å². The summed E-state index contributed by atoms with van der Waals surface area (Å²) in [6.45, 7) is 0.721. The number of ether oxygens (including phenoxy) is 1. The van der Waals surface area contributed by atoms with Gasteiger partial charge in [0.25, 0.3) is 11.8 Å². The summed E-state index contributed by atoms with van der Waals surface area (Å²) < 4.78 is 7.28. The summed E-state index contributed by atoms with van der Waals surface area (Å²) in [7, 11) is 1.63. The van der Waals surface area contributed by atoms with Crippen LogP contribution in [0.4, 0.5) is 0 Å². The minimum absolute atomic E-state index is 0.126. The van der Waals surface area contributed by atoms with Crippen molar-refractivity contribution < 1.29 is 14.3 Å². The van der Waals surface area contributed by atoms with Crippen LogP contribution in [0.5, 0.6) is 5.75 Å². The molecule has 1 aliphatic rings. The number of hydrogen-bond acceptors (Lipinski definition) is 9. The number of nitrogens with zero attached hydrogens (tertiary/aromatic N) is 5. The van der Waals surface area contributed by atoms with Crippen LogP contribution in [0.1, 0.15) is 44.0 Å². The van der Waals surface area contributed by atoms with Crippen molar-refractivity contribution >= 4 is 52.0 Å². The first-order chi connectivity index (χ1) is 21.1. The zero-order valence-electron chi connectivity index (χ0n) is 23.3. The molecule has 6 rings (SSSR count). The summed E-state index contributed by atoms with van der Waals surface area (Å²) in [6, 6.07) is 25.2. The van der Waals surface area contributed by atoms with E-state index in [0.29, 0.717) is 28.8 Å². The fraction of sp³-hybridized carbons (Fsp3) is 0.194. The maximum Gasteiger partial charge on any atom is 0.261 e. The number of methoxy groups -OCH3 is 1. The van der Waals surface area contributed by atoms with Crippen LogP contribution in [0.15, 0.2) is 99.9 Å². The highest BCUT2D eigenvalue weighted by Gasteiger charge is 2.33. The topological polar surface area (TPSA) is 102 Å². The third kappa shape index (κ3) is 6.71. The fourth-order valence-electron chi connectivity index (χ4n) is 4.75. The minimum atomic E-state index is -0.221. The zero-order chi connectivity index (χ0) is 29.6. The molecule has 1 N–H and O–H groups in total. The van der Waals surface area contributed by atoms with Gasteiger partial charge in [0, 0.05) is 6.42 Å².